The van der Waals surface area contributed by atoms with Crippen LogP contribution in [0.4, 0.5) is 0 Å². The van der Waals surface area contributed by atoms with Gasteiger partial charge in [0.1, 0.15) is 0 Å². The van der Waals surface area contributed by atoms with Crippen LogP contribution < -0.4 is 10.9 Å². The van der Waals surface area contributed by atoms with E-state index in [1.165, 1.54) is 37.9 Å². The molecule has 6 rings (SSSR count). The summed E-state index contributed by atoms with van der Waals surface area (Å²) in [6.45, 7) is -0.567. The maximum Gasteiger partial charge on any atom is 0.360 e. The van der Waals surface area contributed by atoms with Crippen LogP contribution in [0.2, 0.25) is 0 Å². The van der Waals surface area contributed by atoms with E-state index in [-0.39, 0.29) is 0 Å². The van der Waals surface area contributed by atoms with Crippen LogP contribution in [0.25, 0.3) is 43.4 Å². The highest BCUT2D eigenvalue weighted by Gasteiger charge is 2.30. The van der Waals surface area contributed by atoms with E-state index in [0.29, 0.717) is 0 Å². The summed E-state index contributed by atoms with van der Waals surface area (Å²) in [7, 11) is 0. The molecule has 0 atom stereocenters. The van der Waals surface area contributed by atoms with Gasteiger partial charge >= 0.3 is 6.92 Å². The van der Waals surface area contributed by atoms with Gasteiger partial charge in [0.15, 0.2) is 0 Å². The quantitative estimate of drug-likeness (QED) is 0.342. The number of hydrogen-bond donors (Lipinski definition) is 1. The number of benzene rings is 5. The molecule has 0 aromatic heterocycles. The van der Waals surface area contributed by atoms with Crippen molar-refractivity contribution < 1.29 is 5.02 Å². The highest BCUT2D eigenvalue weighted by atomic mass is 16.2. The topological polar surface area (TPSA) is 20.2 Å². The molecule has 0 saturated heterocycles. The molecule has 0 unspecified atom stereocenters. The average Bonchev–Trinajstić information content (AvgIpc) is 2.64. The first-order valence-corrected chi connectivity index (χ1v) is 8.31. The zero-order chi connectivity index (χ0) is 15.8. The van der Waals surface area contributed by atoms with Crippen molar-refractivity contribution in [1.29, 1.82) is 0 Å². The van der Waals surface area contributed by atoms with Crippen LogP contribution in [0.5, 0.6) is 0 Å². The molecule has 1 N–H and O–H groups in total. The molecule has 110 valence electrons. The third-order valence-electron chi connectivity index (χ3n) is 5.50. The molecule has 0 fully saturated rings. The Morgan fingerprint density at radius 3 is 2.21 bits per heavy atom. The fourth-order valence-corrected chi connectivity index (χ4v) is 4.47. The van der Waals surface area contributed by atoms with Crippen LogP contribution in [-0.4, -0.2) is 11.9 Å². The van der Waals surface area contributed by atoms with Crippen LogP contribution >= 0.6 is 0 Å². The summed E-state index contributed by atoms with van der Waals surface area (Å²) in [6, 6.07) is 25.6. The van der Waals surface area contributed by atoms with Crippen molar-refractivity contribution in [2.24, 2.45) is 0 Å². The van der Waals surface area contributed by atoms with Gasteiger partial charge < -0.3 is 5.02 Å². The van der Waals surface area contributed by atoms with Crippen molar-refractivity contribution in [2.45, 2.75) is 0 Å². The predicted molar refractivity (Wildman–Crippen MR) is 103 cm³/mol. The van der Waals surface area contributed by atoms with Gasteiger partial charge in [0.05, 0.1) is 0 Å². The highest BCUT2D eigenvalue weighted by Crippen LogP contribution is 2.39. The molecule has 0 amide bonds. The van der Waals surface area contributed by atoms with Crippen LogP contribution in [0.3, 0.4) is 0 Å². The molecule has 0 bridgehead atoms. The first-order chi connectivity index (χ1) is 11.8. The molecular weight excluding hydrogens is 291 g/mol. The van der Waals surface area contributed by atoms with E-state index in [0.717, 1.165) is 16.5 Å². The van der Waals surface area contributed by atoms with E-state index in [2.05, 4.69) is 60.7 Å². The lowest BCUT2D eigenvalue weighted by atomic mass is 9.50. The van der Waals surface area contributed by atoms with Gasteiger partial charge in [-0.3, -0.25) is 0 Å². The summed E-state index contributed by atoms with van der Waals surface area (Å²) in [4.78, 5) is 0. The van der Waals surface area contributed by atoms with E-state index in [1.807, 2.05) is 12.1 Å². The predicted octanol–water partition coefficient (Wildman–Crippen LogP) is 3.66. The SMILES string of the molecule is OB1c2ccccc2-c2ccc3ccc4cccc5cc1c2c3c45. The standard InChI is InChI=1S/C22H13BO/c24-23-18-7-2-1-6-16(18)17-11-10-14-9-8-13-4-3-5-15-12-19(23)22(17)21(14)20(13)15/h1-12,24H. The Kier molecular flexibility index (Phi) is 2.18. The second-order valence-electron chi connectivity index (χ2n) is 6.69. The van der Waals surface area contributed by atoms with Crippen molar-refractivity contribution in [3.8, 4) is 11.1 Å². The molecule has 0 spiro atoms. The van der Waals surface area contributed by atoms with E-state index in [9.17, 15) is 5.02 Å². The monoisotopic (exact) mass is 304 g/mol. The molecule has 1 nitrogen and oxygen atoms in total. The first-order valence-electron chi connectivity index (χ1n) is 8.31. The Morgan fingerprint density at radius 2 is 1.29 bits per heavy atom. The molecular formula is C22H13BO. The molecule has 5 aromatic rings. The van der Waals surface area contributed by atoms with E-state index < -0.39 is 6.92 Å². The van der Waals surface area contributed by atoms with E-state index in [4.69, 9.17) is 0 Å². The minimum absolute atomic E-state index is 0.567. The normalized spacial score (nSPS) is 13.1. The maximum absolute atomic E-state index is 11.0. The molecule has 1 aliphatic heterocycles. The lowest BCUT2D eigenvalue weighted by Crippen LogP contribution is -2.46. The lowest BCUT2D eigenvalue weighted by molar-refractivity contribution is 0.600. The Hall–Kier alpha value is -2.84. The number of hydrogen-bond acceptors (Lipinski definition) is 1. The maximum atomic E-state index is 11.0. The van der Waals surface area contributed by atoms with Gasteiger partial charge in [-0.15, -0.1) is 0 Å². The molecule has 5 aromatic carbocycles. The van der Waals surface area contributed by atoms with Crippen molar-refractivity contribution in [3.05, 3.63) is 72.8 Å². The van der Waals surface area contributed by atoms with Crippen LogP contribution in [0.15, 0.2) is 72.8 Å². The Balaban J connectivity index is 1.97. The second-order valence-corrected chi connectivity index (χ2v) is 6.69. The Labute approximate surface area is 139 Å². The molecule has 1 heterocycles. The van der Waals surface area contributed by atoms with Gasteiger partial charge in [0.25, 0.3) is 0 Å². The largest absolute Gasteiger partial charge is 0.443 e. The molecule has 0 aliphatic carbocycles. The van der Waals surface area contributed by atoms with Crippen molar-refractivity contribution in [3.63, 3.8) is 0 Å². The zero-order valence-electron chi connectivity index (χ0n) is 13.0. The summed E-state index contributed by atoms with van der Waals surface area (Å²) in [5.74, 6) is 0. The van der Waals surface area contributed by atoms with Crippen molar-refractivity contribution in [1.82, 2.24) is 0 Å². The third-order valence-corrected chi connectivity index (χ3v) is 5.50. The molecule has 1 aliphatic rings. The number of fused-ring (bicyclic) bond motifs is 2. The zero-order valence-corrected chi connectivity index (χ0v) is 13.0. The molecule has 0 radical (unpaired) electrons. The van der Waals surface area contributed by atoms with Crippen LogP contribution in [0.1, 0.15) is 0 Å². The average molecular weight is 304 g/mol. The minimum atomic E-state index is -0.567. The highest BCUT2D eigenvalue weighted by molar-refractivity contribution is 6.84. The van der Waals surface area contributed by atoms with Crippen LogP contribution in [0, 0.1) is 0 Å². The minimum Gasteiger partial charge on any atom is -0.443 e. The number of rotatable bonds is 0. The summed E-state index contributed by atoms with van der Waals surface area (Å²) < 4.78 is 0. The van der Waals surface area contributed by atoms with Gasteiger partial charge in [-0.1, -0.05) is 72.8 Å². The van der Waals surface area contributed by atoms with Crippen molar-refractivity contribution >= 4 is 50.2 Å². The smallest absolute Gasteiger partial charge is 0.360 e. The Morgan fingerprint density at radius 1 is 0.542 bits per heavy atom. The van der Waals surface area contributed by atoms with Crippen LogP contribution in [-0.2, 0) is 0 Å². The molecule has 24 heavy (non-hydrogen) atoms. The van der Waals surface area contributed by atoms with Gasteiger partial charge in [-0.05, 0) is 54.4 Å². The van der Waals surface area contributed by atoms with Gasteiger partial charge in [0, 0.05) is 0 Å². The summed E-state index contributed by atoms with van der Waals surface area (Å²) in [5, 5.41) is 18.6. The summed E-state index contributed by atoms with van der Waals surface area (Å²) in [5.41, 5.74) is 4.41. The lowest BCUT2D eigenvalue weighted by Gasteiger charge is -2.25. The summed E-state index contributed by atoms with van der Waals surface area (Å²) in [6.07, 6.45) is 0. The third kappa shape index (κ3) is 1.36. The fraction of sp³-hybridized carbons (Fsp3) is 0. The van der Waals surface area contributed by atoms with Crippen molar-refractivity contribution in [2.75, 3.05) is 0 Å². The van der Waals surface area contributed by atoms with E-state index in [1.54, 1.807) is 0 Å². The van der Waals surface area contributed by atoms with Gasteiger partial charge in [-0.2, -0.15) is 0 Å². The van der Waals surface area contributed by atoms with Gasteiger partial charge in [-0.25, -0.2) is 0 Å². The summed E-state index contributed by atoms with van der Waals surface area (Å²) >= 11 is 0. The fourth-order valence-electron chi connectivity index (χ4n) is 4.47. The Bertz CT molecular complexity index is 1270. The first kappa shape index (κ1) is 12.6. The molecule has 0 saturated carbocycles. The second kappa shape index (κ2) is 4.17. The van der Waals surface area contributed by atoms with E-state index >= 15 is 0 Å². The van der Waals surface area contributed by atoms with Gasteiger partial charge in [0.2, 0.25) is 0 Å². The molecule has 2 heteroatoms.